The fourth-order valence-corrected chi connectivity index (χ4v) is 1.32. The molecule has 0 aliphatic rings. The number of carbonyl (C=O) groups is 1. The first-order valence-electron chi connectivity index (χ1n) is 3.97. The Labute approximate surface area is 92.5 Å². The summed E-state index contributed by atoms with van der Waals surface area (Å²) in [6, 6.07) is 12.6. The molecule has 0 aliphatic heterocycles. The third-order valence-electron chi connectivity index (χ3n) is 1.99. The molecule has 3 heteroatoms. The van der Waals surface area contributed by atoms with E-state index in [2.05, 4.69) is 0 Å². The predicted octanol–water partition coefficient (Wildman–Crippen LogP) is 0.0194. The number of benzene rings is 2. The van der Waals surface area contributed by atoms with Gasteiger partial charge in [0.25, 0.3) is 0 Å². The van der Waals surface area contributed by atoms with Crippen LogP contribution in [0, 0.1) is 0 Å². The summed E-state index contributed by atoms with van der Waals surface area (Å²) < 4.78 is 0. The van der Waals surface area contributed by atoms with Gasteiger partial charge < -0.3 is 9.90 Å². The van der Waals surface area contributed by atoms with Gasteiger partial charge in [0.2, 0.25) is 0 Å². The maximum absolute atomic E-state index is 10.5. The molecule has 0 N–H and O–H groups in total. The van der Waals surface area contributed by atoms with Gasteiger partial charge in [0.05, 0.1) is 5.97 Å². The van der Waals surface area contributed by atoms with Crippen molar-refractivity contribution in [1.29, 1.82) is 0 Å². The average Bonchev–Trinajstić information content (AvgIpc) is 2.17. The van der Waals surface area contributed by atoms with Gasteiger partial charge >= 0.3 is 17.6 Å². The van der Waals surface area contributed by atoms with Crippen LogP contribution in [0.3, 0.4) is 0 Å². The van der Waals surface area contributed by atoms with Crippen molar-refractivity contribution in [2.24, 2.45) is 0 Å². The van der Waals surface area contributed by atoms with Crippen molar-refractivity contribution in [2.75, 3.05) is 0 Å². The van der Waals surface area contributed by atoms with E-state index in [0.29, 0.717) is 0 Å². The van der Waals surface area contributed by atoms with Crippen molar-refractivity contribution in [3.05, 3.63) is 48.0 Å². The molecule has 2 nitrogen and oxygen atoms in total. The molecule has 0 atom stereocenters. The van der Waals surface area contributed by atoms with Crippen molar-refractivity contribution < 1.29 is 9.90 Å². The van der Waals surface area contributed by atoms with Crippen molar-refractivity contribution in [2.45, 2.75) is 0 Å². The molecule has 0 fully saturated rings. The Kier molecular flexibility index (Phi) is 3.30. The fourth-order valence-electron chi connectivity index (χ4n) is 1.32. The van der Waals surface area contributed by atoms with Crippen LogP contribution in [0.15, 0.2) is 42.5 Å². The monoisotopic (exact) mass is 248 g/mol. The summed E-state index contributed by atoms with van der Waals surface area (Å²) in [5.74, 6) is -1.13. The molecule has 0 aromatic heterocycles. The molecule has 0 amide bonds. The number of hydrogen-bond donors (Lipinski definition) is 0. The van der Waals surface area contributed by atoms with E-state index in [1.807, 2.05) is 24.3 Å². The first-order chi connectivity index (χ1) is 6.27. The maximum atomic E-state index is 10.5. The van der Waals surface area contributed by atoms with Crippen LogP contribution in [0.4, 0.5) is 0 Å². The Morgan fingerprint density at radius 2 is 1.64 bits per heavy atom. The van der Waals surface area contributed by atoms with Gasteiger partial charge in [0.1, 0.15) is 0 Å². The van der Waals surface area contributed by atoms with Crippen LogP contribution < -0.4 is 5.11 Å². The van der Waals surface area contributed by atoms with Crippen LogP contribution in [0.1, 0.15) is 10.4 Å². The zero-order chi connectivity index (χ0) is 9.26. The third-order valence-corrected chi connectivity index (χ3v) is 1.99. The SMILES string of the molecule is O=C([O-])c1ccc2ccccc2c1.[GeH3+]. The standard InChI is InChI=1S/C11H8O2.GeH3/c12-11(13)10-6-5-8-3-1-2-4-9(8)7-10;/h1-7H,(H,12,13);1H3/q;+1/p-1. The summed E-state index contributed by atoms with van der Waals surface area (Å²) in [5.41, 5.74) is 0.221. The van der Waals surface area contributed by atoms with Gasteiger partial charge in [-0.05, 0) is 22.4 Å². The van der Waals surface area contributed by atoms with Crippen molar-refractivity contribution in [3.63, 3.8) is 0 Å². The molecule has 0 saturated carbocycles. The van der Waals surface area contributed by atoms with E-state index in [9.17, 15) is 9.90 Å². The van der Waals surface area contributed by atoms with Crippen molar-refractivity contribution >= 4 is 34.3 Å². The van der Waals surface area contributed by atoms with E-state index in [0.717, 1.165) is 10.8 Å². The summed E-state index contributed by atoms with van der Waals surface area (Å²) in [7, 11) is 0. The number of carbonyl (C=O) groups excluding carboxylic acids is 1. The van der Waals surface area contributed by atoms with Crippen LogP contribution in [0.25, 0.3) is 10.8 Å². The Morgan fingerprint density at radius 3 is 2.29 bits per heavy atom. The van der Waals surface area contributed by atoms with Gasteiger partial charge in [-0.15, -0.1) is 0 Å². The number of hydrogen-bond acceptors (Lipinski definition) is 2. The van der Waals surface area contributed by atoms with Crippen LogP contribution in [0.5, 0.6) is 0 Å². The Balaban J connectivity index is 0.000000980. The minimum absolute atomic E-state index is 0. The summed E-state index contributed by atoms with van der Waals surface area (Å²) >= 11 is 0. The average molecular weight is 247 g/mol. The van der Waals surface area contributed by atoms with E-state index in [1.165, 1.54) is 0 Å². The molecule has 2 aromatic rings. The van der Waals surface area contributed by atoms with Gasteiger partial charge in [-0.1, -0.05) is 36.4 Å². The second-order valence-electron chi connectivity index (χ2n) is 2.85. The van der Waals surface area contributed by atoms with Crippen LogP contribution >= 0.6 is 0 Å². The summed E-state index contributed by atoms with van der Waals surface area (Å²) in [5, 5.41) is 12.5. The van der Waals surface area contributed by atoms with Gasteiger partial charge in [-0.25, -0.2) is 0 Å². The second-order valence-corrected chi connectivity index (χ2v) is 2.85. The van der Waals surface area contributed by atoms with E-state index in [1.54, 1.807) is 18.2 Å². The quantitative estimate of drug-likeness (QED) is 0.666. The van der Waals surface area contributed by atoms with E-state index in [4.69, 9.17) is 0 Å². The van der Waals surface area contributed by atoms with E-state index in [-0.39, 0.29) is 23.2 Å². The van der Waals surface area contributed by atoms with Crippen molar-refractivity contribution in [3.8, 4) is 0 Å². The van der Waals surface area contributed by atoms with Crippen LogP contribution in [0.2, 0.25) is 0 Å². The van der Waals surface area contributed by atoms with Crippen LogP contribution in [-0.2, 0) is 0 Å². The Morgan fingerprint density at radius 1 is 1.00 bits per heavy atom. The number of fused-ring (bicyclic) bond motifs is 1. The molecule has 0 aliphatic carbocycles. The van der Waals surface area contributed by atoms with Gasteiger partial charge in [0, 0.05) is 0 Å². The molecule has 0 heterocycles. The molecule has 0 bridgehead atoms. The molecule has 0 saturated heterocycles. The molecule has 14 heavy (non-hydrogen) atoms. The number of carboxylic acid groups (broad SMARTS) is 1. The number of carboxylic acids is 1. The molecule has 70 valence electrons. The normalized spacial score (nSPS) is 9.43. The van der Waals surface area contributed by atoms with Gasteiger partial charge in [-0.3, -0.25) is 0 Å². The molecule has 2 rings (SSSR count). The van der Waals surface area contributed by atoms with E-state index < -0.39 is 5.97 Å². The molecular formula is C11H10GeO2. The first-order valence-corrected chi connectivity index (χ1v) is 3.97. The molecular weight excluding hydrogens is 237 g/mol. The molecule has 0 radical (unpaired) electrons. The van der Waals surface area contributed by atoms with E-state index >= 15 is 0 Å². The molecule has 2 aromatic carbocycles. The van der Waals surface area contributed by atoms with Gasteiger partial charge in [0.15, 0.2) is 0 Å². The van der Waals surface area contributed by atoms with Crippen LogP contribution in [-0.4, -0.2) is 23.6 Å². The second kappa shape index (κ2) is 4.28. The zero-order valence-electron chi connectivity index (χ0n) is 7.86. The molecule has 0 spiro atoms. The third kappa shape index (κ3) is 1.96. The number of rotatable bonds is 1. The topological polar surface area (TPSA) is 40.1 Å². The predicted molar refractivity (Wildman–Crippen MR) is 58.2 cm³/mol. The Bertz CT molecular complexity index is 466. The Hall–Kier alpha value is -1.29. The van der Waals surface area contributed by atoms with Crippen molar-refractivity contribution in [1.82, 2.24) is 0 Å². The van der Waals surface area contributed by atoms with Gasteiger partial charge in [-0.2, -0.15) is 0 Å². The first kappa shape index (κ1) is 10.8. The zero-order valence-corrected chi connectivity index (χ0v) is 12.1. The minimum atomic E-state index is -1.13. The number of aromatic carboxylic acids is 1. The molecule has 0 unspecified atom stereocenters. The summed E-state index contributed by atoms with van der Waals surface area (Å²) in [6.07, 6.45) is 0. The fraction of sp³-hybridized carbons (Fsp3) is 0. The summed E-state index contributed by atoms with van der Waals surface area (Å²) in [6.45, 7) is 0. The summed E-state index contributed by atoms with van der Waals surface area (Å²) in [4.78, 5) is 10.5.